The molecule has 10 rings (SSSR count). The van der Waals surface area contributed by atoms with Crippen LogP contribution < -0.4 is 26.8 Å². The number of anilines is 1. The molecule has 3 amide bonds. The van der Waals surface area contributed by atoms with E-state index in [1.54, 1.807) is 64.3 Å². The van der Waals surface area contributed by atoms with Crippen molar-refractivity contribution in [3.05, 3.63) is 95.9 Å². The lowest BCUT2D eigenvalue weighted by atomic mass is 9.80. The minimum Gasteiger partial charge on any atom is -0.495 e. The molecule has 5 aromatic rings. The summed E-state index contributed by atoms with van der Waals surface area (Å²) in [5.74, 6) is -6.61. The van der Waals surface area contributed by atoms with Gasteiger partial charge in [0.2, 0.25) is 17.6 Å². The summed E-state index contributed by atoms with van der Waals surface area (Å²) in [6, 6.07) is 5.77. The SMILES string of the molecule is COc1cccc2cc(-c3nc([C@H]4CC[C@H](C(=O)NCCOCCOCCNC(=O)CCOCCOCCOCCOCCn5cc(CCCCO[C@@H]6CC[C@@H](C[C@@H](N)[C@@H]7CC(=O)[C@H](C)/C=C(\C)[C@@H](O)[C@@H](OC)C(=O)[C@H](C)C[C@H](C)/C=C/C=C/C=C(\C)[C@@H](OC)C[C@@H]8CC[C@@H](C)[C@@](O)(O8)C(=O)C(=O)N8CCCC[C@H]8C(=O)O7)C[C@H]6OC)nn5)CC4)n4ncnc(N)c34)[nH]c12. The van der Waals surface area contributed by atoms with Gasteiger partial charge in [-0.05, 0) is 158 Å². The van der Waals surface area contributed by atoms with Crippen molar-refractivity contribution in [1.29, 1.82) is 0 Å². The summed E-state index contributed by atoms with van der Waals surface area (Å²) in [6.07, 6.45) is 19.4. The molecule has 9 N–H and O–H groups in total. The number of ether oxygens (including phenoxy) is 13. The van der Waals surface area contributed by atoms with E-state index in [0.29, 0.717) is 199 Å². The van der Waals surface area contributed by atoms with Crippen LogP contribution in [0.15, 0.2) is 84.4 Å². The lowest BCUT2D eigenvalue weighted by Crippen LogP contribution is -2.61. The van der Waals surface area contributed by atoms with E-state index >= 15 is 0 Å². The fourth-order valence-electron chi connectivity index (χ4n) is 17.9. The fraction of sp³-hybridized carbons (Fsp3) is 0.681. The Hall–Kier alpha value is -8.66. The van der Waals surface area contributed by atoms with Crippen molar-refractivity contribution in [2.75, 3.05) is 140 Å². The molecule has 2 aliphatic carbocycles. The van der Waals surface area contributed by atoms with Crippen molar-refractivity contribution >= 4 is 63.3 Å². The smallest absolute Gasteiger partial charge is 0.329 e. The second-order valence-electron chi connectivity index (χ2n) is 35.0. The Balaban J connectivity index is 0.554. The van der Waals surface area contributed by atoms with E-state index in [1.807, 2.05) is 74.7 Å². The van der Waals surface area contributed by atoms with Gasteiger partial charge in [-0.2, -0.15) is 5.10 Å². The van der Waals surface area contributed by atoms with Crippen molar-refractivity contribution in [2.45, 2.75) is 243 Å². The van der Waals surface area contributed by atoms with Crippen LogP contribution in [-0.2, 0) is 103 Å². The van der Waals surface area contributed by atoms with Crippen molar-refractivity contribution in [3.8, 4) is 17.1 Å². The summed E-state index contributed by atoms with van der Waals surface area (Å²) in [5.41, 5.74) is 18.5. The predicted molar refractivity (Wildman–Crippen MR) is 480 cm³/mol. The molecule has 2 saturated heterocycles. The van der Waals surface area contributed by atoms with Gasteiger partial charge in [-0.15, -0.1) is 5.10 Å². The Morgan fingerprint density at radius 2 is 1.47 bits per heavy atom. The number of imidazole rings is 1. The van der Waals surface area contributed by atoms with Crippen LogP contribution in [0.2, 0.25) is 0 Å². The Labute approximate surface area is 757 Å². The van der Waals surface area contributed by atoms with E-state index in [0.717, 1.165) is 70.0 Å². The molecule has 714 valence electrons. The zero-order chi connectivity index (χ0) is 92.4. The third-order valence-corrected chi connectivity index (χ3v) is 25.5. The first-order valence-electron chi connectivity index (χ1n) is 46.2. The maximum absolute atomic E-state index is 14.7. The third-order valence-electron chi connectivity index (χ3n) is 25.5. The first-order chi connectivity index (χ1) is 62.3. The number of rotatable bonds is 40. The molecule has 1 aromatic carbocycles. The van der Waals surface area contributed by atoms with Crippen LogP contribution in [0.25, 0.3) is 27.8 Å². The summed E-state index contributed by atoms with van der Waals surface area (Å²) in [5, 5.41) is 43.8. The van der Waals surface area contributed by atoms with Gasteiger partial charge >= 0.3 is 5.97 Å². The number of aromatic amines is 1. The molecule has 15 atom stereocenters. The van der Waals surface area contributed by atoms with E-state index in [2.05, 4.69) is 36.0 Å². The topological polar surface area (TPSA) is 449 Å². The molecule has 7 heterocycles. The number of nitrogen functional groups attached to an aromatic ring is 1. The molecule has 2 bridgehead atoms. The molecular formula is C94H141N13O22. The number of aryl methyl sites for hydroxylation is 1. The summed E-state index contributed by atoms with van der Waals surface area (Å²) in [6.45, 7) is 16.8. The molecule has 5 aliphatic rings. The van der Waals surface area contributed by atoms with Gasteiger partial charge in [0.15, 0.2) is 11.6 Å². The number of methoxy groups -OCH3 is 4. The van der Waals surface area contributed by atoms with Crippen LogP contribution in [0.5, 0.6) is 5.75 Å². The monoisotopic (exact) mass is 1800 g/mol. The molecule has 0 radical (unpaired) electrons. The first kappa shape index (κ1) is 102. The van der Waals surface area contributed by atoms with Gasteiger partial charge in [0.05, 0.1) is 134 Å². The number of piperidine rings is 1. The lowest BCUT2D eigenvalue weighted by molar-refractivity contribution is -0.265. The highest BCUT2D eigenvalue weighted by atomic mass is 16.6. The van der Waals surface area contributed by atoms with E-state index in [9.17, 15) is 43.8 Å². The summed E-state index contributed by atoms with van der Waals surface area (Å²) < 4.78 is 79.6. The number of carbonyl (C=O) groups excluding carboxylic acids is 7. The highest BCUT2D eigenvalue weighted by molar-refractivity contribution is 6.39. The zero-order valence-electron chi connectivity index (χ0n) is 77.1. The number of nitrogens with zero attached hydrogens (tertiary/aromatic N) is 8. The molecule has 35 nitrogen and oxygen atoms in total. The first-order valence-corrected chi connectivity index (χ1v) is 46.2. The number of H-pyrrole nitrogens is 1. The number of unbranched alkanes of at least 4 members (excludes halogenated alkanes) is 1. The molecule has 129 heavy (non-hydrogen) atoms. The molecule has 3 aliphatic heterocycles. The maximum atomic E-state index is 14.7. The van der Waals surface area contributed by atoms with Crippen molar-refractivity contribution < 1.29 is 105 Å². The van der Waals surface area contributed by atoms with E-state index in [4.69, 9.17) is 78.0 Å². The number of ketones is 3. The second kappa shape index (κ2) is 52.5. The number of esters is 1. The summed E-state index contributed by atoms with van der Waals surface area (Å²) in [7, 11) is 6.23. The molecule has 4 fully saturated rings. The number of aliphatic hydroxyl groups is 2. The number of allylic oxidation sites excluding steroid dienone is 6. The van der Waals surface area contributed by atoms with Gasteiger partial charge in [0, 0.05) is 114 Å². The predicted octanol–water partition coefficient (Wildman–Crippen LogP) is 8.38. The number of fused-ring (bicyclic) bond motifs is 5. The number of amides is 3. The zero-order valence-corrected chi connectivity index (χ0v) is 77.1. The van der Waals surface area contributed by atoms with Crippen LogP contribution in [0.4, 0.5) is 5.82 Å². The summed E-state index contributed by atoms with van der Waals surface area (Å²) >= 11 is 0. The van der Waals surface area contributed by atoms with Crippen molar-refractivity contribution in [1.82, 2.24) is 55.1 Å². The van der Waals surface area contributed by atoms with E-state index in [1.165, 1.54) is 13.4 Å². The quantitative estimate of drug-likeness (QED) is 0.00837. The highest BCUT2D eigenvalue weighted by Crippen LogP contribution is 2.42. The maximum Gasteiger partial charge on any atom is 0.329 e. The number of benzene rings is 1. The van der Waals surface area contributed by atoms with Crippen LogP contribution in [0, 0.1) is 35.5 Å². The van der Waals surface area contributed by atoms with Crippen LogP contribution in [0.1, 0.15) is 181 Å². The minimum atomic E-state index is -2.48. The van der Waals surface area contributed by atoms with Gasteiger partial charge in [-0.25, -0.2) is 24.0 Å². The third kappa shape index (κ3) is 29.9. The number of nitrogens with one attached hydrogen (secondary N) is 3. The normalized spacial score (nSPS) is 28.1. The number of nitrogens with two attached hydrogens (primary N) is 2. The molecule has 0 unspecified atom stereocenters. The average molecular weight is 1810 g/mol. The van der Waals surface area contributed by atoms with Crippen molar-refractivity contribution in [3.63, 3.8) is 0 Å². The lowest BCUT2D eigenvalue weighted by Gasteiger charge is -2.42. The number of Topliss-reactive ketones (excluding diaryl/α,β-unsaturated/α-hetero) is 3. The molecule has 0 spiro atoms. The average Bonchev–Trinajstić information content (AvgIpc) is 1.61. The molecule has 35 heteroatoms. The number of aliphatic hydroxyl groups excluding tert-OH is 1. The number of hydrogen-bond donors (Lipinski definition) is 7. The number of hydrogen-bond acceptors (Lipinski definition) is 29. The number of para-hydroxylation sites is 1. The van der Waals surface area contributed by atoms with Gasteiger partial charge < -0.3 is 104 Å². The Morgan fingerprint density at radius 3 is 2.18 bits per heavy atom. The van der Waals surface area contributed by atoms with Crippen LogP contribution in [0.3, 0.4) is 0 Å². The van der Waals surface area contributed by atoms with Gasteiger partial charge in [-0.1, -0.05) is 81.5 Å². The number of carbonyl (C=O) groups is 7. The number of cyclic esters (lactones) is 1. The fourth-order valence-corrected chi connectivity index (χ4v) is 17.9. The minimum absolute atomic E-state index is 0.0122. The van der Waals surface area contributed by atoms with Crippen molar-refractivity contribution in [2.24, 2.45) is 41.2 Å². The standard InChI is InChI=1S/C94H141N13O22/c1-60-19-12-11-13-20-61(2)78(118-8)56-71-31-25-65(6)94(116,129-71)88(112)92(114)106-36-16-14-23-74(106)93(115)128-79(57-75(108)62(3)52-64(5)86(111)87(120-10)85(110)63(4)51-60)72(95)53-66-26-32-76(80(54-66)119-9)127-38-17-15-22-70-58-105(104-103-70)37-42-124-46-48-126-50-49-125-47-43-121-39-33-81(109)97-34-40-122-44-45-123-41-35-98-91(113)68-29-27-67(28-30-68)90-102-83(84-89(96)99-59-100-107(84)90)73-55-69-21-18-24-77(117-7)82(69)101-73/h11-13,18-21,24,52,55,58-60,62-63,65-68,71-72,74,76,78-80,86-87,101,111,116H,14-17,22-23,25-51,53-54,56-57,95H2,1-10H3,(H,97,109)(H,98,113)(H2,96,99,100)/b13-11+,19-12+,61-20+,64-52+/t60-,62-,63-,65-,66+,67-,68-,71+,72-,74+,76-,78+,79+,80-,86-,87+,94-/m1/s1. The number of aromatic nitrogens is 8. The highest BCUT2D eigenvalue weighted by Gasteiger charge is 2.53. The van der Waals surface area contributed by atoms with Gasteiger partial charge in [0.1, 0.15) is 59.2 Å². The van der Waals surface area contributed by atoms with Gasteiger partial charge in [-0.3, -0.25) is 28.8 Å². The van der Waals surface area contributed by atoms with Crippen LogP contribution in [-0.4, -0.2) is 290 Å². The van der Waals surface area contributed by atoms with E-state index < -0.39 is 83.8 Å². The molecule has 2 saturated carbocycles. The largest absolute Gasteiger partial charge is 0.495 e. The Bertz CT molecular complexity index is 4500. The molecule has 4 aromatic heterocycles. The Kier molecular flexibility index (Phi) is 41.7. The second-order valence-corrected chi connectivity index (χ2v) is 35.0. The van der Waals surface area contributed by atoms with Gasteiger partial charge in [0.25, 0.3) is 11.7 Å². The molecular weight excluding hydrogens is 1660 g/mol. The summed E-state index contributed by atoms with van der Waals surface area (Å²) in [4.78, 5) is 112. The van der Waals surface area contributed by atoms with E-state index in [-0.39, 0.29) is 98.1 Å². The van der Waals surface area contributed by atoms with Crippen LogP contribution >= 0.6 is 0 Å². The Morgan fingerprint density at radius 1 is 0.752 bits per heavy atom.